The minimum atomic E-state index is -0.0223. The van der Waals surface area contributed by atoms with Gasteiger partial charge in [0, 0.05) is 18.7 Å². The number of carbonyl (C=O) groups excluding carboxylic acids is 1. The van der Waals surface area contributed by atoms with Gasteiger partial charge in [-0.05, 0) is 18.9 Å². The van der Waals surface area contributed by atoms with Crippen LogP contribution < -0.4 is 4.74 Å². The van der Waals surface area contributed by atoms with Gasteiger partial charge in [0.15, 0.2) is 0 Å². The highest BCUT2D eigenvalue weighted by Gasteiger charge is 2.26. The summed E-state index contributed by atoms with van der Waals surface area (Å²) in [5.41, 5.74) is 1.06. The molecule has 1 atom stereocenters. The van der Waals surface area contributed by atoms with Crippen molar-refractivity contribution in [3.63, 3.8) is 0 Å². The minimum absolute atomic E-state index is 0.0223. The first-order valence-corrected chi connectivity index (χ1v) is 6.68. The first-order chi connectivity index (χ1) is 8.22. The molecule has 0 aromatic heterocycles. The zero-order valence-corrected chi connectivity index (χ0v) is 11.4. The highest BCUT2D eigenvalue weighted by atomic mass is 79.9. The molecule has 1 saturated heterocycles. The summed E-state index contributed by atoms with van der Waals surface area (Å²) in [7, 11) is 1.66. The Morgan fingerprint density at radius 2 is 2.24 bits per heavy atom. The zero-order chi connectivity index (χ0) is 12.3. The SMILES string of the molecule is COc1ccccc1CN1CCCC(Br)C1=O. The summed E-state index contributed by atoms with van der Waals surface area (Å²) in [5.74, 6) is 1.03. The number of hydrogen-bond acceptors (Lipinski definition) is 2. The van der Waals surface area contributed by atoms with E-state index in [1.807, 2.05) is 29.2 Å². The van der Waals surface area contributed by atoms with Crippen molar-refractivity contribution in [3.05, 3.63) is 29.8 Å². The molecule has 2 rings (SSSR count). The molecule has 1 aromatic rings. The summed E-state index contributed by atoms with van der Waals surface area (Å²) in [5, 5.41) is 0. The van der Waals surface area contributed by atoms with Crippen molar-refractivity contribution in [2.45, 2.75) is 24.2 Å². The number of carbonyl (C=O) groups is 1. The summed E-state index contributed by atoms with van der Waals surface area (Å²) in [4.78, 5) is 13.8. The van der Waals surface area contributed by atoms with Gasteiger partial charge in [-0.1, -0.05) is 34.1 Å². The number of piperidine rings is 1. The van der Waals surface area contributed by atoms with E-state index < -0.39 is 0 Å². The Morgan fingerprint density at radius 3 is 3.00 bits per heavy atom. The van der Waals surface area contributed by atoms with E-state index in [1.165, 1.54) is 0 Å². The zero-order valence-electron chi connectivity index (χ0n) is 9.86. The highest BCUT2D eigenvalue weighted by molar-refractivity contribution is 9.10. The number of rotatable bonds is 3. The first kappa shape index (κ1) is 12.4. The standard InChI is InChI=1S/C13H16BrNO2/c1-17-12-7-3-2-5-10(12)9-15-8-4-6-11(14)13(15)16/h2-3,5,7,11H,4,6,8-9H2,1H3. The molecule has 0 saturated carbocycles. The van der Waals surface area contributed by atoms with Crippen LogP contribution in [0.5, 0.6) is 5.75 Å². The molecule has 1 aromatic carbocycles. The van der Waals surface area contributed by atoms with Crippen LogP contribution in [0.4, 0.5) is 0 Å². The molecular weight excluding hydrogens is 282 g/mol. The summed E-state index contributed by atoms with van der Waals surface area (Å²) < 4.78 is 5.30. The van der Waals surface area contributed by atoms with Crippen LogP contribution in [0, 0.1) is 0 Å². The fourth-order valence-electron chi connectivity index (χ4n) is 2.09. The van der Waals surface area contributed by atoms with Crippen LogP contribution in [0.15, 0.2) is 24.3 Å². The van der Waals surface area contributed by atoms with E-state index in [-0.39, 0.29) is 10.7 Å². The molecule has 17 heavy (non-hydrogen) atoms. The molecule has 0 N–H and O–H groups in total. The lowest BCUT2D eigenvalue weighted by Gasteiger charge is -2.30. The lowest BCUT2D eigenvalue weighted by Crippen LogP contribution is -2.41. The number of nitrogens with zero attached hydrogens (tertiary/aromatic N) is 1. The molecule has 1 amide bonds. The number of para-hydroxylation sites is 1. The quantitative estimate of drug-likeness (QED) is 0.803. The Morgan fingerprint density at radius 1 is 1.47 bits per heavy atom. The molecule has 1 aliphatic heterocycles. The Hall–Kier alpha value is -1.03. The molecule has 0 radical (unpaired) electrons. The topological polar surface area (TPSA) is 29.5 Å². The maximum atomic E-state index is 12.0. The third kappa shape index (κ3) is 2.80. The summed E-state index contributed by atoms with van der Waals surface area (Å²) in [6, 6.07) is 7.84. The maximum absolute atomic E-state index is 12.0. The highest BCUT2D eigenvalue weighted by Crippen LogP contribution is 2.24. The van der Waals surface area contributed by atoms with Gasteiger partial charge in [0.05, 0.1) is 11.9 Å². The largest absolute Gasteiger partial charge is 0.496 e. The second-order valence-electron chi connectivity index (χ2n) is 4.18. The van der Waals surface area contributed by atoms with Crippen molar-refractivity contribution >= 4 is 21.8 Å². The van der Waals surface area contributed by atoms with Gasteiger partial charge in [-0.15, -0.1) is 0 Å². The monoisotopic (exact) mass is 297 g/mol. The molecule has 0 aliphatic carbocycles. The van der Waals surface area contributed by atoms with Crippen LogP contribution in [0.25, 0.3) is 0 Å². The molecule has 1 fully saturated rings. The van der Waals surface area contributed by atoms with Gasteiger partial charge < -0.3 is 9.64 Å². The molecule has 1 heterocycles. The molecule has 0 spiro atoms. The van der Waals surface area contributed by atoms with Gasteiger partial charge in [0.2, 0.25) is 5.91 Å². The molecule has 1 aliphatic rings. The normalized spacial score (nSPS) is 20.5. The van der Waals surface area contributed by atoms with Gasteiger partial charge in [-0.25, -0.2) is 0 Å². The van der Waals surface area contributed by atoms with Crippen molar-refractivity contribution in [3.8, 4) is 5.75 Å². The van der Waals surface area contributed by atoms with E-state index in [4.69, 9.17) is 4.74 Å². The van der Waals surface area contributed by atoms with E-state index in [2.05, 4.69) is 15.9 Å². The number of likely N-dealkylation sites (tertiary alicyclic amines) is 1. The number of benzene rings is 1. The number of hydrogen-bond donors (Lipinski definition) is 0. The van der Waals surface area contributed by atoms with Crippen molar-refractivity contribution < 1.29 is 9.53 Å². The van der Waals surface area contributed by atoms with Crippen LogP contribution in [0.1, 0.15) is 18.4 Å². The Labute approximate surface area is 110 Å². The average Bonchev–Trinajstić information content (AvgIpc) is 2.35. The third-order valence-electron chi connectivity index (χ3n) is 3.02. The summed E-state index contributed by atoms with van der Waals surface area (Å²) in [6.45, 7) is 1.46. The fourth-order valence-corrected chi connectivity index (χ4v) is 2.70. The van der Waals surface area contributed by atoms with Crippen LogP contribution >= 0.6 is 15.9 Å². The number of halogens is 1. The lowest BCUT2D eigenvalue weighted by molar-refractivity contribution is -0.133. The Bertz CT molecular complexity index is 408. The van der Waals surface area contributed by atoms with Gasteiger partial charge in [-0.2, -0.15) is 0 Å². The van der Waals surface area contributed by atoms with Gasteiger partial charge >= 0.3 is 0 Å². The number of ether oxygens (including phenoxy) is 1. The number of alkyl halides is 1. The lowest BCUT2D eigenvalue weighted by atomic mass is 10.1. The number of methoxy groups -OCH3 is 1. The molecule has 4 heteroatoms. The summed E-state index contributed by atoms with van der Waals surface area (Å²) in [6.07, 6.45) is 1.98. The second-order valence-corrected chi connectivity index (χ2v) is 5.29. The van der Waals surface area contributed by atoms with Gasteiger partial charge in [0.1, 0.15) is 5.75 Å². The first-order valence-electron chi connectivity index (χ1n) is 5.77. The van der Waals surface area contributed by atoms with E-state index in [0.717, 1.165) is 30.7 Å². The molecule has 92 valence electrons. The van der Waals surface area contributed by atoms with Crippen molar-refractivity contribution in [2.75, 3.05) is 13.7 Å². The molecule has 3 nitrogen and oxygen atoms in total. The van der Waals surface area contributed by atoms with E-state index in [9.17, 15) is 4.79 Å². The predicted molar refractivity (Wildman–Crippen MR) is 70.4 cm³/mol. The smallest absolute Gasteiger partial charge is 0.236 e. The van der Waals surface area contributed by atoms with Crippen molar-refractivity contribution in [1.82, 2.24) is 4.90 Å². The van der Waals surface area contributed by atoms with E-state index in [0.29, 0.717) is 6.54 Å². The van der Waals surface area contributed by atoms with Crippen molar-refractivity contribution in [1.29, 1.82) is 0 Å². The molecule has 1 unspecified atom stereocenters. The fraction of sp³-hybridized carbons (Fsp3) is 0.462. The average molecular weight is 298 g/mol. The maximum Gasteiger partial charge on any atom is 0.236 e. The number of amides is 1. The molecular formula is C13H16BrNO2. The second kappa shape index (κ2) is 5.54. The van der Waals surface area contributed by atoms with Crippen LogP contribution in [-0.2, 0) is 11.3 Å². The minimum Gasteiger partial charge on any atom is -0.496 e. The van der Waals surface area contributed by atoms with E-state index >= 15 is 0 Å². The third-order valence-corrected chi connectivity index (χ3v) is 3.87. The molecule has 0 bridgehead atoms. The van der Waals surface area contributed by atoms with Crippen molar-refractivity contribution in [2.24, 2.45) is 0 Å². The summed E-state index contributed by atoms with van der Waals surface area (Å²) >= 11 is 3.42. The van der Waals surface area contributed by atoms with Crippen LogP contribution in [0.3, 0.4) is 0 Å². The van der Waals surface area contributed by atoms with Gasteiger partial charge in [0.25, 0.3) is 0 Å². The van der Waals surface area contributed by atoms with Crippen LogP contribution in [0.2, 0.25) is 0 Å². The predicted octanol–water partition coefficient (Wildman–Crippen LogP) is 2.58. The van der Waals surface area contributed by atoms with Crippen LogP contribution in [-0.4, -0.2) is 29.3 Å². The van der Waals surface area contributed by atoms with Gasteiger partial charge in [-0.3, -0.25) is 4.79 Å². The Balaban J connectivity index is 2.12. The van der Waals surface area contributed by atoms with E-state index in [1.54, 1.807) is 7.11 Å². The Kier molecular flexibility index (Phi) is 4.05.